The minimum Gasteiger partial charge on any atom is -0.392 e. The van der Waals surface area contributed by atoms with Crippen molar-refractivity contribution in [2.24, 2.45) is 0 Å². The van der Waals surface area contributed by atoms with Crippen LogP contribution in [0.25, 0.3) is 11.5 Å². The molecule has 1 aliphatic rings. The molecule has 2 N–H and O–H groups in total. The van der Waals surface area contributed by atoms with Gasteiger partial charge in [0, 0.05) is 6.54 Å². The topological polar surface area (TPSA) is 84.1 Å². The van der Waals surface area contributed by atoms with Crippen molar-refractivity contribution in [1.29, 1.82) is 0 Å². The van der Waals surface area contributed by atoms with Gasteiger partial charge >= 0.3 is 0 Å². The minimum atomic E-state index is -0.414. The van der Waals surface area contributed by atoms with Gasteiger partial charge in [-0.3, -0.25) is 0 Å². The highest BCUT2D eigenvalue weighted by atomic mass is 19.1. The number of β-amino-alcohol motifs (C(OH)–C–C–N with tert-alkyl or cyclic N) is 1. The molecule has 6 nitrogen and oxygen atoms in total. The molecule has 0 aromatic carbocycles. The summed E-state index contributed by atoms with van der Waals surface area (Å²) in [5, 5.41) is 16.3. The molecule has 1 fully saturated rings. The van der Waals surface area contributed by atoms with Gasteiger partial charge in [-0.05, 0) is 18.6 Å². The summed E-state index contributed by atoms with van der Waals surface area (Å²) < 4.78 is 17.8. The molecule has 2 aromatic heterocycles. The Morgan fingerprint density at radius 2 is 2.33 bits per heavy atom. The molecule has 94 valence electrons. The second kappa shape index (κ2) is 4.43. The summed E-state index contributed by atoms with van der Waals surface area (Å²) in [5.74, 6) is 0.309. The number of halogens is 1. The van der Waals surface area contributed by atoms with Gasteiger partial charge in [-0.15, -0.1) is 0 Å². The molecule has 0 saturated carbocycles. The van der Waals surface area contributed by atoms with Crippen LogP contribution in [-0.2, 0) is 0 Å². The van der Waals surface area contributed by atoms with Crippen molar-refractivity contribution in [3.8, 4) is 11.5 Å². The molecule has 7 heteroatoms. The average molecular weight is 250 g/mol. The van der Waals surface area contributed by atoms with Crippen LogP contribution in [0.4, 0.5) is 4.39 Å². The van der Waals surface area contributed by atoms with Crippen LogP contribution in [-0.4, -0.2) is 32.9 Å². The van der Waals surface area contributed by atoms with Crippen LogP contribution in [0.15, 0.2) is 22.9 Å². The molecule has 0 radical (unpaired) electrons. The van der Waals surface area contributed by atoms with E-state index in [2.05, 4.69) is 20.4 Å². The predicted molar refractivity (Wildman–Crippen MR) is 58.9 cm³/mol. The Hall–Kier alpha value is -1.86. The van der Waals surface area contributed by atoms with Gasteiger partial charge in [-0.25, -0.2) is 9.37 Å². The number of rotatable bonds is 2. The summed E-state index contributed by atoms with van der Waals surface area (Å²) in [5.41, 5.74) is 0.449. The molecule has 0 unspecified atom stereocenters. The van der Waals surface area contributed by atoms with Crippen LogP contribution in [0.2, 0.25) is 0 Å². The molecule has 1 aliphatic heterocycles. The summed E-state index contributed by atoms with van der Waals surface area (Å²) >= 11 is 0. The van der Waals surface area contributed by atoms with Crippen molar-refractivity contribution in [3.05, 3.63) is 30.0 Å². The van der Waals surface area contributed by atoms with Gasteiger partial charge in [0.05, 0.1) is 18.3 Å². The molecule has 0 bridgehead atoms. The molecule has 3 heterocycles. The van der Waals surface area contributed by atoms with E-state index in [1.807, 2.05) is 0 Å². The highest BCUT2D eigenvalue weighted by molar-refractivity contribution is 5.47. The number of aliphatic hydroxyl groups is 1. The molecule has 0 amide bonds. The first-order valence-electron chi connectivity index (χ1n) is 5.59. The number of nitrogens with zero attached hydrogens (tertiary/aromatic N) is 3. The SMILES string of the molecule is O[C@@H]1CN[C@@H](c2nc(-c3ccc(F)cn3)no2)C1. The third kappa shape index (κ3) is 2.09. The lowest BCUT2D eigenvalue weighted by atomic mass is 10.2. The quantitative estimate of drug-likeness (QED) is 0.814. The Kier molecular flexibility index (Phi) is 2.77. The Morgan fingerprint density at radius 1 is 1.44 bits per heavy atom. The third-order valence-electron chi connectivity index (χ3n) is 2.80. The summed E-state index contributed by atoms with van der Waals surface area (Å²) in [7, 11) is 0. The predicted octanol–water partition coefficient (Wildman–Crippen LogP) is 0.666. The van der Waals surface area contributed by atoms with E-state index in [9.17, 15) is 9.50 Å². The van der Waals surface area contributed by atoms with Gasteiger partial charge in [0.15, 0.2) is 0 Å². The highest BCUT2D eigenvalue weighted by Crippen LogP contribution is 2.23. The lowest BCUT2D eigenvalue weighted by molar-refractivity contribution is 0.191. The molecular weight excluding hydrogens is 239 g/mol. The third-order valence-corrected chi connectivity index (χ3v) is 2.80. The van der Waals surface area contributed by atoms with Crippen molar-refractivity contribution in [3.63, 3.8) is 0 Å². The van der Waals surface area contributed by atoms with Gasteiger partial charge in [0.2, 0.25) is 11.7 Å². The van der Waals surface area contributed by atoms with Crippen LogP contribution in [0.5, 0.6) is 0 Å². The molecule has 2 aromatic rings. The van der Waals surface area contributed by atoms with Gasteiger partial charge in [-0.2, -0.15) is 4.98 Å². The summed E-state index contributed by atoms with van der Waals surface area (Å²) in [4.78, 5) is 8.06. The van der Waals surface area contributed by atoms with Crippen molar-refractivity contribution >= 4 is 0 Å². The van der Waals surface area contributed by atoms with Crippen LogP contribution < -0.4 is 5.32 Å². The maximum absolute atomic E-state index is 12.7. The Balaban J connectivity index is 1.83. The fourth-order valence-electron chi connectivity index (χ4n) is 1.89. The van der Waals surface area contributed by atoms with E-state index in [1.54, 1.807) is 0 Å². The van der Waals surface area contributed by atoms with Crippen molar-refractivity contribution in [2.45, 2.75) is 18.6 Å². The van der Waals surface area contributed by atoms with E-state index in [-0.39, 0.29) is 6.04 Å². The second-order valence-electron chi connectivity index (χ2n) is 4.17. The van der Waals surface area contributed by atoms with Gasteiger partial charge in [-0.1, -0.05) is 5.16 Å². The van der Waals surface area contributed by atoms with Crippen LogP contribution >= 0.6 is 0 Å². The van der Waals surface area contributed by atoms with E-state index >= 15 is 0 Å². The average Bonchev–Trinajstić information content (AvgIpc) is 2.98. The zero-order valence-electron chi connectivity index (χ0n) is 9.38. The standard InChI is InChI=1S/C11H11FN4O2/c12-6-1-2-8(13-4-6)10-15-11(18-16-10)9-3-7(17)5-14-9/h1-2,4,7,9,14,17H,3,5H2/t7-,9+/m0/s1. The molecule has 0 spiro atoms. The lowest BCUT2D eigenvalue weighted by Gasteiger charge is -2.01. The fraction of sp³-hybridized carbons (Fsp3) is 0.364. The molecule has 0 aliphatic carbocycles. The summed E-state index contributed by atoms with van der Waals surface area (Å²) in [6.45, 7) is 0.511. The summed E-state index contributed by atoms with van der Waals surface area (Å²) in [6.07, 6.45) is 1.25. The van der Waals surface area contributed by atoms with E-state index < -0.39 is 11.9 Å². The van der Waals surface area contributed by atoms with Gasteiger partial charge in [0.25, 0.3) is 0 Å². The number of hydrogen-bond acceptors (Lipinski definition) is 6. The second-order valence-corrected chi connectivity index (χ2v) is 4.17. The number of hydrogen-bond donors (Lipinski definition) is 2. The van der Waals surface area contributed by atoms with Crippen molar-refractivity contribution in [1.82, 2.24) is 20.4 Å². The monoisotopic (exact) mass is 250 g/mol. The number of aromatic nitrogens is 3. The zero-order valence-corrected chi connectivity index (χ0v) is 9.38. The van der Waals surface area contributed by atoms with Gasteiger partial charge < -0.3 is 14.9 Å². The molecule has 3 rings (SSSR count). The number of pyridine rings is 1. The first-order chi connectivity index (χ1) is 8.72. The highest BCUT2D eigenvalue weighted by Gasteiger charge is 2.28. The van der Waals surface area contributed by atoms with E-state index in [0.29, 0.717) is 30.4 Å². The van der Waals surface area contributed by atoms with Crippen LogP contribution in [0.1, 0.15) is 18.4 Å². The van der Waals surface area contributed by atoms with Crippen LogP contribution in [0, 0.1) is 5.82 Å². The first kappa shape index (κ1) is 11.2. The fourth-order valence-corrected chi connectivity index (χ4v) is 1.89. The molecule has 2 atom stereocenters. The Bertz CT molecular complexity index is 542. The molecule has 1 saturated heterocycles. The molecule has 18 heavy (non-hydrogen) atoms. The number of nitrogens with one attached hydrogen (secondary N) is 1. The lowest BCUT2D eigenvalue weighted by Crippen LogP contribution is -2.15. The van der Waals surface area contributed by atoms with E-state index in [4.69, 9.17) is 4.52 Å². The van der Waals surface area contributed by atoms with Crippen molar-refractivity contribution in [2.75, 3.05) is 6.54 Å². The van der Waals surface area contributed by atoms with Gasteiger partial charge in [0.1, 0.15) is 11.5 Å². The smallest absolute Gasteiger partial charge is 0.244 e. The largest absolute Gasteiger partial charge is 0.392 e. The Labute approximate surface area is 102 Å². The minimum absolute atomic E-state index is 0.137. The van der Waals surface area contributed by atoms with E-state index in [0.717, 1.165) is 6.20 Å². The maximum Gasteiger partial charge on any atom is 0.244 e. The Morgan fingerprint density at radius 3 is 3.00 bits per heavy atom. The van der Waals surface area contributed by atoms with Crippen LogP contribution in [0.3, 0.4) is 0 Å². The van der Waals surface area contributed by atoms with Crippen molar-refractivity contribution < 1.29 is 14.0 Å². The maximum atomic E-state index is 12.7. The molecular formula is C11H11FN4O2. The number of aliphatic hydroxyl groups excluding tert-OH is 1. The first-order valence-corrected chi connectivity index (χ1v) is 5.59. The van der Waals surface area contributed by atoms with E-state index in [1.165, 1.54) is 12.1 Å². The normalized spacial score (nSPS) is 23.4. The summed E-state index contributed by atoms with van der Waals surface area (Å²) in [6, 6.07) is 2.64. The zero-order chi connectivity index (χ0) is 12.5.